The first-order valence-electron chi connectivity index (χ1n) is 9.55. The van der Waals surface area contributed by atoms with Crippen LogP contribution in [0.25, 0.3) is 11.3 Å². The molecule has 158 valence electrons. The molecule has 0 unspecified atom stereocenters. The molecule has 3 aromatic rings. The minimum atomic E-state index is -0.249. The van der Waals surface area contributed by atoms with Crippen LogP contribution in [0.2, 0.25) is 0 Å². The van der Waals surface area contributed by atoms with E-state index in [1.165, 1.54) is 21.3 Å². The van der Waals surface area contributed by atoms with Crippen molar-refractivity contribution in [3.63, 3.8) is 0 Å². The molecule has 0 radical (unpaired) electrons. The van der Waals surface area contributed by atoms with E-state index in [0.29, 0.717) is 46.1 Å². The molecule has 0 bridgehead atoms. The summed E-state index contributed by atoms with van der Waals surface area (Å²) in [5.74, 6) is 1.62. The fourth-order valence-electron chi connectivity index (χ4n) is 3.24. The smallest absolute Gasteiger partial charge is 0.203 e. The maximum absolute atomic E-state index is 13.5. The van der Waals surface area contributed by atoms with Gasteiger partial charge in [-0.25, -0.2) is 0 Å². The van der Waals surface area contributed by atoms with Crippen molar-refractivity contribution in [3.8, 4) is 28.6 Å². The molecule has 6 heteroatoms. The number of rotatable bonds is 9. The summed E-state index contributed by atoms with van der Waals surface area (Å²) in [7, 11) is 4.49. The second-order valence-corrected chi connectivity index (χ2v) is 6.66. The van der Waals surface area contributed by atoms with Crippen molar-refractivity contribution < 1.29 is 29.6 Å². The predicted molar refractivity (Wildman–Crippen MR) is 115 cm³/mol. The summed E-state index contributed by atoms with van der Waals surface area (Å²) >= 11 is 0. The van der Waals surface area contributed by atoms with Crippen molar-refractivity contribution in [1.82, 2.24) is 0 Å². The number of furan rings is 1. The van der Waals surface area contributed by atoms with Crippen LogP contribution in [0.4, 0.5) is 0 Å². The van der Waals surface area contributed by atoms with Crippen LogP contribution in [-0.2, 0) is 11.2 Å². The Morgan fingerprint density at radius 3 is 2.20 bits per heavy atom. The van der Waals surface area contributed by atoms with Gasteiger partial charge >= 0.3 is 0 Å². The van der Waals surface area contributed by atoms with Gasteiger partial charge in [-0.3, -0.25) is 9.59 Å². The molecule has 0 saturated carbocycles. The lowest BCUT2D eigenvalue weighted by atomic mass is 9.92. The van der Waals surface area contributed by atoms with E-state index in [4.69, 9.17) is 18.6 Å². The van der Waals surface area contributed by atoms with E-state index in [1.54, 1.807) is 43.5 Å². The van der Waals surface area contributed by atoms with Crippen molar-refractivity contribution in [1.29, 1.82) is 0 Å². The molecule has 0 aliphatic carbocycles. The predicted octanol–water partition coefficient (Wildman–Crippen LogP) is 4.97. The summed E-state index contributed by atoms with van der Waals surface area (Å²) in [6, 6.07) is 12.2. The number of carbonyl (C=O) groups excluding carboxylic acids is 2. The molecule has 0 fully saturated rings. The number of ketones is 2. The summed E-state index contributed by atoms with van der Waals surface area (Å²) in [5, 5.41) is 0. The zero-order valence-electron chi connectivity index (χ0n) is 17.5. The maximum Gasteiger partial charge on any atom is 0.203 e. The van der Waals surface area contributed by atoms with Gasteiger partial charge in [0.05, 0.1) is 27.6 Å². The number of carbonyl (C=O) groups is 2. The number of ether oxygens (including phenoxy) is 3. The Bertz CT molecular complexity index is 1030. The minimum Gasteiger partial charge on any atom is -0.493 e. The van der Waals surface area contributed by atoms with Crippen LogP contribution in [0.5, 0.6) is 17.2 Å². The zero-order chi connectivity index (χ0) is 21.7. The normalized spacial score (nSPS) is 10.5. The highest BCUT2D eigenvalue weighted by Gasteiger charge is 2.21. The molecule has 6 nitrogen and oxygen atoms in total. The Hall–Kier alpha value is -3.54. The average molecular weight is 410 g/mol. The van der Waals surface area contributed by atoms with Crippen molar-refractivity contribution in [3.05, 3.63) is 65.4 Å². The number of methoxy groups -OCH3 is 3. The van der Waals surface area contributed by atoms with Crippen molar-refractivity contribution in [2.24, 2.45) is 0 Å². The lowest BCUT2D eigenvalue weighted by molar-refractivity contribution is -0.118. The Morgan fingerprint density at radius 2 is 1.67 bits per heavy atom. The Kier molecular flexibility index (Phi) is 6.57. The van der Waals surface area contributed by atoms with Gasteiger partial charge < -0.3 is 18.6 Å². The second-order valence-electron chi connectivity index (χ2n) is 6.66. The molecule has 30 heavy (non-hydrogen) atoms. The summed E-state index contributed by atoms with van der Waals surface area (Å²) in [4.78, 5) is 25.6. The molecule has 0 aliphatic rings. The first-order chi connectivity index (χ1) is 14.5. The highest BCUT2D eigenvalue weighted by atomic mass is 16.5. The maximum atomic E-state index is 13.5. The second kappa shape index (κ2) is 9.31. The van der Waals surface area contributed by atoms with E-state index in [1.807, 2.05) is 12.1 Å². The van der Waals surface area contributed by atoms with Gasteiger partial charge in [-0.15, -0.1) is 0 Å². The van der Waals surface area contributed by atoms with E-state index in [2.05, 4.69) is 0 Å². The van der Waals surface area contributed by atoms with Crippen molar-refractivity contribution in [2.75, 3.05) is 21.3 Å². The third-order valence-corrected chi connectivity index (χ3v) is 4.87. The molecular weight excluding hydrogens is 384 g/mol. The van der Waals surface area contributed by atoms with Crippen LogP contribution >= 0.6 is 0 Å². The summed E-state index contributed by atoms with van der Waals surface area (Å²) in [6.45, 7) is 1.81. The van der Waals surface area contributed by atoms with Gasteiger partial charge in [-0.05, 0) is 35.9 Å². The van der Waals surface area contributed by atoms with Crippen LogP contribution in [0.15, 0.2) is 53.1 Å². The van der Waals surface area contributed by atoms with Crippen LogP contribution in [0.1, 0.15) is 36.3 Å². The van der Waals surface area contributed by atoms with Crippen LogP contribution in [-0.4, -0.2) is 32.9 Å². The third-order valence-electron chi connectivity index (χ3n) is 4.87. The van der Waals surface area contributed by atoms with Gasteiger partial charge in [-0.1, -0.05) is 19.1 Å². The van der Waals surface area contributed by atoms with E-state index >= 15 is 0 Å². The monoisotopic (exact) mass is 410 g/mol. The van der Waals surface area contributed by atoms with Gasteiger partial charge in [0.15, 0.2) is 17.3 Å². The number of hydrogen-bond donors (Lipinski definition) is 0. The molecule has 3 rings (SSSR count). The zero-order valence-corrected chi connectivity index (χ0v) is 17.5. The first kappa shape index (κ1) is 21.2. The fourth-order valence-corrected chi connectivity index (χ4v) is 3.24. The van der Waals surface area contributed by atoms with E-state index in [9.17, 15) is 9.59 Å². The number of hydrogen-bond acceptors (Lipinski definition) is 6. The molecule has 1 aromatic heterocycles. The number of Topliss-reactive ketones (excluding diaryl/α,β-unsaturated/α-hetero) is 1. The summed E-state index contributed by atoms with van der Waals surface area (Å²) < 4.78 is 21.6. The fraction of sp³-hybridized carbons (Fsp3) is 0.250. The van der Waals surface area contributed by atoms with Gasteiger partial charge in [-0.2, -0.15) is 0 Å². The van der Waals surface area contributed by atoms with E-state index in [0.717, 1.165) is 5.56 Å². The van der Waals surface area contributed by atoms with Gasteiger partial charge in [0.25, 0.3) is 0 Å². The Labute approximate surface area is 176 Å². The van der Waals surface area contributed by atoms with E-state index in [-0.39, 0.29) is 19.4 Å². The van der Waals surface area contributed by atoms with Crippen molar-refractivity contribution >= 4 is 11.6 Å². The quantitative estimate of drug-likeness (QED) is 0.464. The lowest BCUT2D eigenvalue weighted by Gasteiger charge is -2.15. The third kappa shape index (κ3) is 4.22. The topological polar surface area (TPSA) is 75.0 Å². The van der Waals surface area contributed by atoms with Crippen LogP contribution in [0, 0.1) is 0 Å². The molecule has 0 saturated heterocycles. The first-order valence-corrected chi connectivity index (χ1v) is 9.55. The number of benzene rings is 2. The molecule has 0 atom stereocenters. The van der Waals surface area contributed by atoms with Gasteiger partial charge in [0, 0.05) is 31.0 Å². The Balaban J connectivity index is 0.00000341. The minimum absolute atomic E-state index is 0. The summed E-state index contributed by atoms with van der Waals surface area (Å²) in [6.07, 6.45) is 2.16. The molecule has 0 amide bonds. The lowest BCUT2D eigenvalue weighted by Crippen LogP contribution is -2.10. The van der Waals surface area contributed by atoms with E-state index < -0.39 is 0 Å². The largest absolute Gasteiger partial charge is 0.493 e. The Morgan fingerprint density at radius 1 is 0.967 bits per heavy atom. The highest BCUT2D eigenvalue weighted by Crippen LogP contribution is 2.39. The van der Waals surface area contributed by atoms with Crippen LogP contribution < -0.4 is 14.2 Å². The molecule has 0 spiro atoms. The van der Waals surface area contributed by atoms with Crippen LogP contribution in [0.3, 0.4) is 0 Å². The van der Waals surface area contributed by atoms with Gasteiger partial charge in [0.1, 0.15) is 11.5 Å². The molecule has 2 aromatic carbocycles. The SMILES string of the molecule is CCC(=O)Cc1ccc(-c2ccco2)cc1C(=O)c1cc(OC)c(OC)c(OC)c1.[HH]. The van der Waals surface area contributed by atoms with Crippen molar-refractivity contribution in [2.45, 2.75) is 19.8 Å². The standard InChI is InChI=1S/C24H24O6.H2/c1-5-18(25)11-15-8-9-16(20-7-6-10-30-20)12-19(15)23(26)17-13-21(27-2)24(29-4)22(14-17)28-3;/h6-10,12-14H,5,11H2,1-4H3;1H. The summed E-state index contributed by atoms with van der Waals surface area (Å²) in [5.41, 5.74) is 2.21. The molecule has 0 N–H and O–H groups in total. The van der Waals surface area contributed by atoms with Gasteiger partial charge in [0.2, 0.25) is 5.75 Å². The highest BCUT2D eigenvalue weighted by molar-refractivity contribution is 6.11. The molecular formula is C24H26O6. The average Bonchev–Trinajstić information content (AvgIpc) is 3.32. The molecule has 1 heterocycles. The molecule has 0 aliphatic heterocycles.